The number of aromatic nitrogens is 1. The molecule has 1 aromatic rings. The summed E-state index contributed by atoms with van der Waals surface area (Å²) >= 11 is 0. The Balaban J connectivity index is 2.20. The molecule has 18 heavy (non-hydrogen) atoms. The van der Waals surface area contributed by atoms with E-state index in [2.05, 4.69) is 34.8 Å². The molecule has 1 aliphatic rings. The van der Waals surface area contributed by atoms with E-state index in [4.69, 9.17) is 5.26 Å². The predicted octanol–water partition coefficient (Wildman–Crippen LogP) is 1.87. The Hall–Kier alpha value is -1.60. The van der Waals surface area contributed by atoms with Crippen molar-refractivity contribution in [3.63, 3.8) is 0 Å². The topological polar surface area (TPSA) is 43.2 Å². The molecular weight excluding hydrogens is 224 g/mol. The lowest BCUT2D eigenvalue weighted by Crippen LogP contribution is -2.39. The summed E-state index contributed by atoms with van der Waals surface area (Å²) in [5.74, 6) is 0. The number of hydrogen-bond acceptors (Lipinski definition) is 4. The first-order valence-electron chi connectivity index (χ1n) is 6.56. The lowest BCUT2D eigenvalue weighted by molar-refractivity contribution is 0.328. The van der Waals surface area contributed by atoms with Gasteiger partial charge in [0.2, 0.25) is 0 Å². The van der Waals surface area contributed by atoms with E-state index < -0.39 is 0 Å². The van der Waals surface area contributed by atoms with E-state index in [-0.39, 0.29) is 0 Å². The van der Waals surface area contributed by atoms with Crippen LogP contribution in [0.3, 0.4) is 0 Å². The summed E-state index contributed by atoms with van der Waals surface area (Å²) in [7, 11) is 2.18. The minimum Gasteiger partial charge on any atom is -0.366 e. The molecule has 0 amide bonds. The van der Waals surface area contributed by atoms with Gasteiger partial charge in [0, 0.05) is 19.1 Å². The third kappa shape index (κ3) is 2.80. The highest BCUT2D eigenvalue weighted by atomic mass is 15.2. The van der Waals surface area contributed by atoms with E-state index >= 15 is 0 Å². The van der Waals surface area contributed by atoms with Gasteiger partial charge in [0.05, 0.1) is 11.9 Å². The van der Waals surface area contributed by atoms with Gasteiger partial charge in [0.15, 0.2) is 0 Å². The number of anilines is 1. The summed E-state index contributed by atoms with van der Waals surface area (Å²) in [6, 6.07) is 6.41. The number of nitrogens with zero attached hydrogens (tertiary/aromatic N) is 4. The summed E-state index contributed by atoms with van der Waals surface area (Å²) in [4.78, 5) is 9.00. The van der Waals surface area contributed by atoms with E-state index in [0.717, 1.165) is 31.7 Å². The van der Waals surface area contributed by atoms with Gasteiger partial charge in [-0.1, -0.05) is 6.92 Å². The second-order valence-corrected chi connectivity index (χ2v) is 4.88. The Labute approximate surface area is 109 Å². The van der Waals surface area contributed by atoms with Crippen LogP contribution in [0.25, 0.3) is 0 Å². The summed E-state index contributed by atoms with van der Waals surface area (Å²) in [5.41, 5.74) is 1.62. The van der Waals surface area contributed by atoms with Gasteiger partial charge in [-0.15, -0.1) is 0 Å². The van der Waals surface area contributed by atoms with Crippen molar-refractivity contribution in [2.75, 3.05) is 31.6 Å². The minimum atomic E-state index is 0.485. The molecule has 1 aromatic heterocycles. The molecule has 0 aromatic carbocycles. The zero-order valence-electron chi connectivity index (χ0n) is 11.1. The van der Waals surface area contributed by atoms with Crippen LogP contribution in [0.2, 0.25) is 0 Å². The van der Waals surface area contributed by atoms with Gasteiger partial charge in [-0.05, 0) is 38.6 Å². The van der Waals surface area contributed by atoms with Crippen LogP contribution < -0.4 is 4.90 Å². The Morgan fingerprint density at radius 2 is 2.28 bits per heavy atom. The molecule has 1 unspecified atom stereocenters. The Morgan fingerprint density at radius 1 is 1.44 bits per heavy atom. The molecule has 1 atom stereocenters. The van der Waals surface area contributed by atoms with Crippen LogP contribution in [0.1, 0.15) is 25.5 Å². The lowest BCUT2D eigenvalue weighted by Gasteiger charge is -2.31. The first-order valence-corrected chi connectivity index (χ1v) is 6.56. The van der Waals surface area contributed by atoms with E-state index in [0.29, 0.717) is 11.7 Å². The molecule has 4 heteroatoms. The van der Waals surface area contributed by atoms with Gasteiger partial charge in [0.25, 0.3) is 0 Å². The quantitative estimate of drug-likeness (QED) is 0.796. The second-order valence-electron chi connectivity index (χ2n) is 4.88. The molecule has 1 fully saturated rings. The maximum Gasteiger partial charge on any atom is 0.140 e. The van der Waals surface area contributed by atoms with Gasteiger partial charge in [-0.2, -0.15) is 5.26 Å². The molecule has 1 saturated heterocycles. The van der Waals surface area contributed by atoms with E-state index in [1.54, 1.807) is 6.07 Å². The van der Waals surface area contributed by atoms with Crippen molar-refractivity contribution in [3.8, 4) is 6.07 Å². The normalized spacial score (nSPS) is 21.4. The van der Waals surface area contributed by atoms with Crippen molar-refractivity contribution in [2.45, 2.75) is 25.8 Å². The number of likely N-dealkylation sites (N-methyl/N-ethyl adjacent to an activating group) is 1. The average molecular weight is 244 g/mol. The highest BCUT2D eigenvalue weighted by Gasteiger charge is 2.22. The fraction of sp³-hybridized carbons (Fsp3) is 0.571. The average Bonchev–Trinajstić information content (AvgIpc) is 2.60. The second kappa shape index (κ2) is 5.83. The molecule has 0 saturated carbocycles. The summed E-state index contributed by atoms with van der Waals surface area (Å²) < 4.78 is 0. The van der Waals surface area contributed by atoms with Crippen molar-refractivity contribution in [3.05, 3.63) is 24.0 Å². The summed E-state index contributed by atoms with van der Waals surface area (Å²) in [6.07, 6.45) is 4.13. The fourth-order valence-electron chi connectivity index (χ4n) is 2.55. The Bertz CT molecular complexity index is 420. The van der Waals surface area contributed by atoms with Crippen molar-refractivity contribution in [1.82, 2.24) is 9.88 Å². The van der Waals surface area contributed by atoms with E-state index in [1.807, 2.05) is 12.3 Å². The number of pyridine rings is 1. The molecule has 2 heterocycles. The molecule has 1 aliphatic heterocycles. The van der Waals surface area contributed by atoms with Gasteiger partial charge < -0.3 is 9.80 Å². The standard InChI is InChI=1S/C14H20N4/c1-3-13-11-17(2)7-4-8-18(13)14-6-5-12(9-15)16-10-14/h5-6,10,13H,3-4,7-8,11H2,1-2H3. The number of nitriles is 1. The van der Waals surface area contributed by atoms with Crippen LogP contribution in [-0.4, -0.2) is 42.6 Å². The molecule has 2 rings (SSSR count). The number of rotatable bonds is 2. The van der Waals surface area contributed by atoms with Gasteiger partial charge in [-0.25, -0.2) is 4.98 Å². The maximum atomic E-state index is 8.78. The zero-order chi connectivity index (χ0) is 13.0. The highest BCUT2D eigenvalue weighted by Crippen LogP contribution is 2.21. The largest absolute Gasteiger partial charge is 0.366 e. The molecule has 96 valence electrons. The minimum absolute atomic E-state index is 0.485. The summed E-state index contributed by atoms with van der Waals surface area (Å²) in [6.45, 7) is 5.54. The first kappa shape index (κ1) is 12.8. The third-order valence-electron chi connectivity index (χ3n) is 3.57. The van der Waals surface area contributed by atoms with Crippen LogP contribution in [0.5, 0.6) is 0 Å². The fourth-order valence-corrected chi connectivity index (χ4v) is 2.55. The van der Waals surface area contributed by atoms with Crippen molar-refractivity contribution in [2.24, 2.45) is 0 Å². The van der Waals surface area contributed by atoms with Crippen molar-refractivity contribution in [1.29, 1.82) is 5.26 Å². The lowest BCUT2D eigenvalue weighted by atomic mass is 10.1. The van der Waals surface area contributed by atoms with Crippen molar-refractivity contribution >= 4 is 5.69 Å². The zero-order valence-corrected chi connectivity index (χ0v) is 11.1. The first-order chi connectivity index (χ1) is 8.74. The van der Waals surface area contributed by atoms with Crippen LogP contribution >= 0.6 is 0 Å². The van der Waals surface area contributed by atoms with Gasteiger partial charge in [0.1, 0.15) is 11.8 Å². The molecule has 0 N–H and O–H groups in total. The molecular formula is C14H20N4. The molecule has 0 spiro atoms. The van der Waals surface area contributed by atoms with E-state index in [9.17, 15) is 0 Å². The molecule has 4 nitrogen and oxygen atoms in total. The van der Waals surface area contributed by atoms with Crippen LogP contribution in [0.15, 0.2) is 18.3 Å². The number of hydrogen-bond donors (Lipinski definition) is 0. The Morgan fingerprint density at radius 3 is 2.89 bits per heavy atom. The monoisotopic (exact) mass is 244 g/mol. The molecule has 0 aliphatic carbocycles. The van der Waals surface area contributed by atoms with Crippen LogP contribution in [0.4, 0.5) is 5.69 Å². The van der Waals surface area contributed by atoms with E-state index in [1.165, 1.54) is 6.42 Å². The van der Waals surface area contributed by atoms with Crippen LogP contribution in [0, 0.1) is 11.3 Å². The molecule has 0 bridgehead atoms. The maximum absolute atomic E-state index is 8.78. The van der Waals surface area contributed by atoms with Crippen LogP contribution in [-0.2, 0) is 0 Å². The molecule has 0 radical (unpaired) electrons. The smallest absolute Gasteiger partial charge is 0.140 e. The Kier molecular flexibility index (Phi) is 4.16. The van der Waals surface area contributed by atoms with Crippen molar-refractivity contribution < 1.29 is 0 Å². The third-order valence-corrected chi connectivity index (χ3v) is 3.57. The predicted molar refractivity (Wildman–Crippen MR) is 72.5 cm³/mol. The van der Waals surface area contributed by atoms with Gasteiger partial charge in [-0.3, -0.25) is 0 Å². The highest BCUT2D eigenvalue weighted by molar-refractivity contribution is 5.47. The van der Waals surface area contributed by atoms with Gasteiger partial charge >= 0.3 is 0 Å². The summed E-state index contributed by atoms with van der Waals surface area (Å²) in [5, 5.41) is 8.78. The SMILES string of the molecule is CCC1CN(C)CCCN1c1ccc(C#N)nc1.